The maximum absolute atomic E-state index is 12.3. The minimum absolute atomic E-state index is 0.0805. The molecular formula is C17H17Cl2N3O. The summed E-state index contributed by atoms with van der Waals surface area (Å²) in [7, 11) is 0. The lowest BCUT2D eigenvalue weighted by Crippen LogP contribution is -2.50. The number of anilines is 2. The number of nitrogens with one attached hydrogen (secondary N) is 1. The van der Waals surface area contributed by atoms with Gasteiger partial charge in [-0.15, -0.1) is 0 Å². The minimum Gasteiger partial charge on any atom is -0.368 e. The fourth-order valence-electron chi connectivity index (χ4n) is 2.56. The van der Waals surface area contributed by atoms with E-state index in [9.17, 15) is 4.79 Å². The van der Waals surface area contributed by atoms with Gasteiger partial charge in [0, 0.05) is 47.6 Å². The summed E-state index contributed by atoms with van der Waals surface area (Å²) in [5.41, 5.74) is 1.88. The van der Waals surface area contributed by atoms with Gasteiger partial charge in [0.1, 0.15) is 0 Å². The van der Waals surface area contributed by atoms with Gasteiger partial charge in [0.05, 0.1) is 0 Å². The van der Waals surface area contributed by atoms with Crippen molar-refractivity contribution in [3.8, 4) is 0 Å². The average Bonchev–Trinajstić information content (AvgIpc) is 2.58. The molecule has 0 bridgehead atoms. The maximum atomic E-state index is 12.3. The molecule has 120 valence electrons. The third-order valence-electron chi connectivity index (χ3n) is 3.85. The van der Waals surface area contributed by atoms with E-state index in [0.717, 1.165) is 29.5 Å². The number of nitrogens with zero attached hydrogens (tertiary/aromatic N) is 2. The molecule has 2 amide bonds. The number of urea groups is 1. The molecule has 0 radical (unpaired) electrons. The van der Waals surface area contributed by atoms with E-state index in [-0.39, 0.29) is 6.03 Å². The molecule has 0 spiro atoms. The summed E-state index contributed by atoms with van der Waals surface area (Å²) in [6.45, 7) is 2.97. The van der Waals surface area contributed by atoms with Crippen LogP contribution in [0, 0.1) is 0 Å². The topological polar surface area (TPSA) is 35.6 Å². The molecule has 0 aliphatic carbocycles. The van der Waals surface area contributed by atoms with Crippen molar-refractivity contribution in [2.24, 2.45) is 0 Å². The van der Waals surface area contributed by atoms with Crippen molar-refractivity contribution in [1.82, 2.24) is 4.90 Å². The molecule has 1 N–H and O–H groups in total. The van der Waals surface area contributed by atoms with E-state index in [0.29, 0.717) is 18.1 Å². The van der Waals surface area contributed by atoms with E-state index in [1.54, 1.807) is 24.3 Å². The Morgan fingerprint density at radius 1 is 0.826 bits per heavy atom. The molecule has 0 saturated carbocycles. The first-order valence-corrected chi connectivity index (χ1v) is 8.19. The summed E-state index contributed by atoms with van der Waals surface area (Å²) in [5, 5.41) is 4.28. The number of carbonyl (C=O) groups is 1. The molecule has 4 nitrogen and oxygen atoms in total. The van der Waals surface area contributed by atoms with E-state index in [2.05, 4.69) is 10.2 Å². The highest BCUT2D eigenvalue weighted by atomic mass is 35.5. The van der Waals surface area contributed by atoms with Gasteiger partial charge in [0.2, 0.25) is 0 Å². The van der Waals surface area contributed by atoms with E-state index < -0.39 is 0 Å². The Labute approximate surface area is 145 Å². The van der Waals surface area contributed by atoms with Crippen LogP contribution in [-0.2, 0) is 0 Å². The predicted molar refractivity (Wildman–Crippen MR) is 95.7 cm³/mol. The van der Waals surface area contributed by atoms with Gasteiger partial charge in [-0.2, -0.15) is 0 Å². The Bertz CT molecular complexity index is 665. The summed E-state index contributed by atoms with van der Waals surface area (Å²) in [5.74, 6) is 0. The summed E-state index contributed by atoms with van der Waals surface area (Å²) < 4.78 is 0. The zero-order chi connectivity index (χ0) is 16.2. The van der Waals surface area contributed by atoms with Crippen molar-refractivity contribution in [2.75, 3.05) is 36.4 Å². The highest BCUT2D eigenvalue weighted by Gasteiger charge is 2.21. The summed E-state index contributed by atoms with van der Waals surface area (Å²) in [6.07, 6.45) is 0. The fraction of sp³-hybridized carbons (Fsp3) is 0.235. The van der Waals surface area contributed by atoms with Crippen molar-refractivity contribution in [3.05, 3.63) is 58.6 Å². The number of halogens is 2. The Morgan fingerprint density at radius 2 is 1.35 bits per heavy atom. The number of piperazine rings is 1. The van der Waals surface area contributed by atoms with Gasteiger partial charge in [-0.25, -0.2) is 4.79 Å². The van der Waals surface area contributed by atoms with Gasteiger partial charge in [0.15, 0.2) is 0 Å². The maximum Gasteiger partial charge on any atom is 0.321 e. The van der Waals surface area contributed by atoms with Gasteiger partial charge in [0.25, 0.3) is 0 Å². The van der Waals surface area contributed by atoms with E-state index in [4.69, 9.17) is 23.2 Å². The Hall–Kier alpha value is -1.91. The summed E-state index contributed by atoms with van der Waals surface area (Å²) in [6, 6.07) is 14.8. The summed E-state index contributed by atoms with van der Waals surface area (Å²) >= 11 is 11.8. The smallest absolute Gasteiger partial charge is 0.321 e. The van der Waals surface area contributed by atoms with Crippen LogP contribution in [-0.4, -0.2) is 37.1 Å². The van der Waals surface area contributed by atoms with Crippen molar-refractivity contribution in [2.45, 2.75) is 0 Å². The number of rotatable bonds is 2. The van der Waals surface area contributed by atoms with E-state index >= 15 is 0 Å². The molecule has 2 aromatic rings. The molecule has 6 heteroatoms. The highest BCUT2D eigenvalue weighted by Crippen LogP contribution is 2.20. The average molecular weight is 350 g/mol. The predicted octanol–water partition coefficient (Wildman–Crippen LogP) is 4.35. The van der Waals surface area contributed by atoms with Crippen LogP contribution in [0.1, 0.15) is 0 Å². The Kier molecular flexibility index (Phi) is 4.94. The lowest BCUT2D eigenvalue weighted by molar-refractivity contribution is 0.208. The summed E-state index contributed by atoms with van der Waals surface area (Å²) in [4.78, 5) is 16.4. The van der Waals surface area contributed by atoms with Crippen molar-refractivity contribution < 1.29 is 4.79 Å². The van der Waals surface area contributed by atoms with Crippen LogP contribution in [0.2, 0.25) is 10.0 Å². The number of hydrogen-bond acceptors (Lipinski definition) is 2. The molecule has 23 heavy (non-hydrogen) atoms. The molecule has 2 aromatic carbocycles. The van der Waals surface area contributed by atoms with Crippen molar-refractivity contribution in [3.63, 3.8) is 0 Å². The van der Waals surface area contributed by atoms with Crippen molar-refractivity contribution in [1.29, 1.82) is 0 Å². The number of carbonyl (C=O) groups excluding carboxylic acids is 1. The molecule has 1 aliphatic heterocycles. The molecule has 3 rings (SSSR count). The Morgan fingerprint density at radius 3 is 1.91 bits per heavy atom. The second kappa shape index (κ2) is 7.11. The number of benzene rings is 2. The van der Waals surface area contributed by atoms with Crippen LogP contribution in [0.15, 0.2) is 48.5 Å². The second-order valence-corrected chi connectivity index (χ2v) is 6.26. The minimum atomic E-state index is -0.0805. The van der Waals surface area contributed by atoms with Gasteiger partial charge < -0.3 is 15.1 Å². The third kappa shape index (κ3) is 4.09. The monoisotopic (exact) mass is 349 g/mol. The van der Waals surface area contributed by atoms with Crippen LogP contribution >= 0.6 is 23.2 Å². The quantitative estimate of drug-likeness (QED) is 0.874. The van der Waals surface area contributed by atoms with Gasteiger partial charge in [-0.1, -0.05) is 23.2 Å². The SMILES string of the molecule is O=C(Nc1ccc(Cl)cc1)N1CCN(c2ccc(Cl)cc2)CC1. The first-order valence-electron chi connectivity index (χ1n) is 7.44. The number of amides is 2. The lowest BCUT2D eigenvalue weighted by atomic mass is 10.2. The molecular weight excluding hydrogens is 333 g/mol. The van der Waals surface area contributed by atoms with Crippen LogP contribution in [0.4, 0.5) is 16.2 Å². The van der Waals surface area contributed by atoms with Gasteiger partial charge in [-0.3, -0.25) is 0 Å². The first kappa shape index (κ1) is 16.0. The van der Waals surface area contributed by atoms with E-state index in [1.807, 2.05) is 29.2 Å². The lowest BCUT2D eigenvalue weighted by Gasteiger charge is -2.36. The molecule has 1 fully saturated rings. The van der Waals surface area contributed by atoms with Crippen LogP contribution in [0.5, 0.6) is 0 Å². The highest BCUT2D eigenvalue weighted by molar-refractivity contribution is 6.30. The molecule has 1 saturated heterocycles. The molecule has 1 aliphatic rings. The normalized spacial score (nSPS) is 14.7. The molecule has 0 unspecified atom stereocenters. The largest absolute Gasteiger partial charge is 0.368 e. The van der Waals surface area contributed by atoms with Crippen LogP contribution in [0.3, 0.4) is 0 Å². The van der Waals surface area contributed by atoms with Gasteiger partial charge in [-0.05, 0) is 48.5 Å². The third-order valence-corrected chi connectivity index (χ3v) is 4.36. The van der Waals surface area contributed by atoms with E-state index in [1.165, 1.54) is 0 Å². The molecule has 0 aromatic heterocycles. The fourth-order valence-corrected chi connectivity index (χ4v) is 2.81. The Balaban J connectivity index is 1.54. The zero-order valence-electron chi connectivity index (χ0n) is 12.5. The molecule has 1 heterocycles. The van der Waals surface area contributed by atoms with Gasteiger partial charge >= 0.3 is 6.03 Å². The van der Waals surface area contributed by atoms with Crippen LogP contribution < -0.4 is 10.2 Å². The van der Waals surface area contributed by atoms with Crippen LogP contribution in [0.25, 0.3) is 0 Å². The molecule has 0 atom stereocenters. The standard InChI is InChI=1S/C17H17Cl2N3O/c18-13-1-5-15(6-2-13)20-17(23)22-11-9-21(10-12-22)16-7-3-14(19)4-8-16/h1-8H,9-12H2,(H,20,23). The van der Waals surface area contributed by atoms with Crippen molar-refractivity contribution >= 4 is 40.6 Å². The second-order valence-electron chi connectivity index (χ2n) is 5.39. The zero-order valence-corrected chi connectivity index (χ0v) is 14.0. The first-order chi connectivity index (χ1) is 11.1. The number of hydrogen-bond donors (Lipinski definition) is 1.